The Balaban J connectivity index is 4.03. The molecule has 3 nitrogen and oxygen atoms in total. The van der Waals surface area contributed by atoms with Gasteiger partial charge in [0.15, 0.2) is 0 Å². The molecule has 0 radical (unpaired) electrons. The molecule has 0 bridgehead atoms. The number of hydrogen-bond acceptors (Lipinski definition) is 3. The van der Waals surface area contributed by atoms with E-state index in [4.69, 9.17) is 9.47 Å². The molecule has 0 saturated carbocycles. The molecule has 0 aromatic heterocycles. The van der Waals surface area contributed by atoms with E-state index in [9.17, 15) is 4.79 Å². The van der Waals surface area contributed by atoms with Crippen molar-refractivity contribution in [3.05, 3.63) is 0 Å². The third-order valence-corrected chi connectivity index (χ3v) is 1.98. The van der Waals surface area contributed by atoms with Crippen molar-refractivity contribution in [2.75, 3.05) is 0 Å². The maximum absolute atomic E-state index is 11.1. The summed E-state index contributed by atoms with van der Waals surface area (Å²) in [7, 11) is 0. The summed E-state index contributed by atoms with van der Waals surface area (Å²) in [5.41, 5.74) is 0. The minimum absolute atomic E-state index is 0.00509. The summed E-state index contributed by atoms with van der Waals surface area (Å²) < 4.78 is 10.8. The van der Waals surface area contributed by atoms with Gasteiger partial charge in [-0.15, -0.1) is 0 Å². The van der Waals surface area contributed by atoms with Gasteiger partial charge in [-0.05, 0) is 27.2 Å². The van der Waals surface area contributed by atoms with Crippen molar-refractivity contribution in [3.63, 3.8) is 0 Å². The smallest absolute Gasteiger partial charge is 0.305 e. The summed E-state index contributed by atoms with van der Waals surface area (Å²) >= 11 is 0. The number of rotatable bonds is 6. The van der Waals surface area contributed by atoms with Crippen LogP contribution in [0.2, 0.25) is 0 Å². The van der Waals surface area contributed by atoms with E-state index in [1.807, 2.05) is 27.7 Å². The van der Waals surface area contributed by atoms with Gasteiger partial charge in [0.2, 0.25) is 0 Å². The number of carbonyl (C=O) groups excluding carboxylic acids is 1. The Morgan fingerprint density at radius 1 is 1.21 bits per heavy atom. The number of esters is 1. The summed E-state index contributed by atoms with van der Waals surface area (Å²) in [5, 5.41) is 0. The third kappa shape index (κ3) is 5.22. The zero-order chi connectivity index (χ0) is 11.1. The summed E-state index contributed by atoms with van der Waals surface area (Å²) in [6, 6.07) is 0. The van der Waals surface area contributed by atoms with Gasteiger partial charge in [0.1, 0.15) is 6.10 Å². The molecule has 84 valence electrons. The molecular formula is C11H22O3. The molecule has 0 aliphatic heterocycles. The first kappa shape index (κ1) is 13.4. The number of hydrogen-bond donors (Lipinski definition) is 0. The zero-order valence-corrected chi connectivity index (χ0v) is 9.87. The van der Waals surface area contributed by atoms with Crippen molar-refractivity contribution in [2.24, 2.45) is 0 Å². The van der Waals surface area contributed by atoms with Crippen LogP contribution in [0, 0.1) is 0 Å². The van der Waals surface area contributed by atoms with E-state index in [0.29, 0.717) is 6.42 Å². The van der Waals surface area contributed by atoms with Crippen molar-refractivity contribution in [3.8, 4) is 0 Å². The Morgan fingerprint density at radius 2 is 1.79 bits per heavy atom. The lowest BCUT2D eigenvalue weighted by Crippen LogP contribution is -2.32. The molecule has 2 atom stereocenters. The molecule has 0 heterocycles. The van der Waals surface area contributed by atoms with Crippen molar-refractivity contribution in [2.45, 2.75) is 65.8 Å². The van der Waals surface area contributed by atoms with Gasteiger partial charge >= 0.3 is 5.97 Å². The second-order valence-electron chi connectivity index (χ2n) is 3.68. The van der Waals surface area contributed by atoms with Crippen LogP contribution >= 0.6 is 0 Å². The van der Waals surface area contributed by atoms with Crippen LogP contribution in [0.1, 0.15) is 47.5 Å². The molecule has 0 amide bonds. The maximum atomic E-state index is 11.1. The highest BCUT2D eigenvalue weighted by Gasteiger charge is 2.20. The van der Waals surface area contributed by atoms with Crippen molar-refractivity contribution in [1.82, 2.24) is 0 Å². The highest BCUT2D eigenvalue weighted by molar-refractivity contribution is 5.69. The van der Waals surface area contributed by atoms with Gasteiger partial charge in [0.25, 0.3) is 0 Å². The van der Waals surface area contributed by atoms with Crippen LogP contribution in [0.5, 0.6) is 0 Å². The third-order valence-electron chi connectivity index (χ3n) is 1.98. The van der Waals surface area contributed by atoms with Gasteiger partial charge in [-0.2, -0.15) is 0 Å². The van der Waals surface area contributed by atoms with E-state index >= 15 is 0 Å². The minimum Gasteiger partial charge on any atom is -0.460 e. The van der Waals surface area contributed by atoms with E-state index in [1.165, 1.54) is 0 Å². The molecule has 3 heteroatoms. The fourth-order valence-electron chi connectivity index (χ4n) is 1.25. The van der Waals surface area contributed by atoms with E-state index in [0.717, 1.165) is 6.42 Å². The largest absolute Gasteiger partial charge is 0.460 e. The average Bonchev–Trinajstić information content (AvgIpc) is 2.13. The molecule has 0 fully saturated rings. The van der Waals surface area contributed by atoms with Crippen LogP contribution in [-0.2, 0) is 14.3 Å². The summed E-state index contributed by atoms with van der Waals surface area (Å²) in [6.45, 7) is 9.67. The normalized spacial score (nSPS) is 15.3. The number of ether oxygens (including phenoxy) is 2. The molecule has 0 aromatic carbocycles. The van der Waals surface area contributed by atoms with Crippen LogP contribution in [0.4, 0.5) is 0 Å². The van der Waals surface area contributed by atoms with E-state index in [2.05, 4.69) is 0 Å². The molecule has 1 unspecified atom stereocenters. The van der Waals surface area contributed by atoms with Crippen LogP contribution in [0.15, 0.2) is 0 Å². The van der Waals surface area contributed by atoms with E-state index in [1.54, 1.807) is 6.92 Å². The molecule has 0 spiro atoms. The van der Waals surface area contributed by atoms with E-state index < -0.39 is 0 Å². The summed E-state index contributed by atoms with van der Waals surface area (Å²) in [5.74, 6) is -0.164. The van der Waals surface area contributed by atoms with Crippen molar-refractivity contribution < 1.29 is 14.3 Å². The second kappa shape index (κ2) is 6.82. The van der Waals surface area contributed by atoms with Gasteiger partial charge < -0.3 is 9.47 Å². The molecule has 0 aromatic rings. The standard InChI is InChI=1S/C11H22O3/c1-6-10(13-8(3)4)9(5)14-11(12)7-2/h8-10H,6-7H2,1-5H3/t9-,10?/m0/s1. The Kier molecular flexibility index (Phi) is 6.54. The van der Waals surface area contributed by atoms with Crippen molar-refractivity contribution in [1.29, 1.82) is 0 Å². The van der Waals surface area contributed by atoms with Gasteiger partial charge in [0.05, 0.1) is 12.2 Å². The molecule has 0 aliphatic carbocycles. The monoisotopic (exact) mass is 202 g/mol. The van der Waals surface area contributed by atoms with Gasteiger partial charge in [0, 0.05) is 6.42 Å². The molecule has 0 saturated heterocycles. The lowest BCUT2D eigenvalue weighted by molar-refractivity contribution is -0.158. The first-order valence-corrected chi connectivity index (χ1v) is 5.36. The Morgan fingerprint density at radius 3 is 2.14 bits per heavy atom. The highest BCUT2D eigenvalue weighted by atomic mass is 16.6. The SMILES string of the molecule is CCC(=O)O[C@@H](C)C(CC)OC(C)C. The summed E-state index contributed by atoms with van der Waals surface area (Å²) in [6.07, 6.45) is 1.29. The molecule has 0 N–H and O–H groups in total. The highest BCUT2D eigenvalue weighted by Crippen LogP contribution is 2.11. The first-order chi connectivity index (χ1) is 6.51. The molecule has 0 aliphatic rings. The quantitative estimate of drug-likeness (QED) is 0.621. The summed E-state index contributed by atoms with van der Waals surface area (Å²) in [4.78, 5) is 11.1. The second-order valence-corrected chi connectivity index (χ2v) is 3.68. The lowest BCUT2D eigenvalue weighted by atomic mass is 10.1. The van der Waals surface area contributed by atoms with Gasteiger partial charge in [-0.3, -0.25) is 4.79 Å². The average molecular weight is 202 g/mol. The predicted octanol–water partition coefficient (Wildman–Crippen LogP) is 2.53. The van der Waals surface area contributed by atoms with Gasteiger partial charge in [-0.25, -0.2) is 0 Å². The zero-order valence-electron chi connectivity index (χ0n) is 9.87. The lowest BCUT2D eigenvalue weighted by Gasteiger charge is -2.25. The van der Waals surface area contributed by atoms with E-state index in [-0.39, 0.29) is 24.3 Å². The topological polar surface area (TPSA) is 35.5 Å². The minimum atomic E-state index is -0.164. The van der Waals surface area contributed by atoms with Crippen LogP contribution in [0.3, 0.4) is 0 Å². The molecule has 14 heavy (non-hydrogen) atoms. The Labute approximate surface area is 86.8 Å². The number of carbonyl (C=O) groups is 1. The predicted molar refractivity (Wildman–Crippen MR) is 56.1 cm³/mol. The van der Waals surface area contributed by atoms with Crippen molar-refractivity contribution >= 4 is 5.97 Å². The Hall–Kier alpha value is -0.570. The molecule has 0 rings (SSSR count). The van der Waals surface area contributed by atoms with Crippen LogP contribution in [-0.4, -0.2) is 24.3 Å². The Bertz CT molecular complexity index is 166. The first-order valence-electron chi connectivity index (χ1n) is 5.36. The maximum Gasteiger partial charge on any atom is 0.305 e. The fourth-order valence-corrected chi connectivity index (χ4v) is 1.25. The van der Waals surface area contributed by atoms with Gasteiger partial charge in [-0.1, -0.05) is 13.8 Å². The van der Waals surface area contributed by atoms with Crippen LogP contribution in [0.25, 0.3) is 0 Å². The van der Waals surface area contributed by atoms with Crippen LogP contribution < -0.4 is 0 Å². The molecular weight excluding hydrogens is 180 g/mol. The fraction of sp³-hybridized carbons (Fsp3) is 0.909.